The van der Waals surface area contributed by atoms with Gasteiger partial charge in [-0.2, -0.15) is 4.98 Å². The van der Waals surface area contributed by atoms with Crippen LogP contribution < -0.4 is 5.32 Å². The summed E-state index contributed by atoms with van der Waals surface area (Å²) < 4.78 is 7.39. The van der Waals surface area contributed by atoms with E-state index in [1.54, 1.807) is 13.1 Å². The minimum absolute atomic E-state index is 0.434. The Balaban J connectivity index is 1.54. The molecule has 1 N–H and O–H groups in total. The zero-order chi connectivity index (χ0) is 16.9. The third-order valence-corrected chi connectivity index (χ3v) is 3.68. The van der Waals surface area contributed by atoms with E-state index in [1.807, 2.05) is 24.5 Å². The smallest absolute Gasteiger partial charge is 0.258 e. The predicted octanol–water partition coefficient (Wildman–Crippen LogP) is 3.26. The van der Waals surface area contributed by atoms with Crippen molar-refractivity contribution in [3.8, 4) is 11.5 Å². The molecule has 3 rings (SSSR count). The highest BCUT2D eigenvalue weighted by Crippen LogP contribution is 2.19. The van der Waals surface area contributed by atoms with Crippen LogP contribution in [0.25, 0.3) is 11.5 Å². The molecule has 3 aromatic heterocycles. The number of anilines is 1. The van der Waals surface area contributed by atoms with Crippen molar-refractivity contribution >= 4 is 5.82 Å². The summed E-state index contributed by atoms with van der Waals surface area (Å²) in [6.45, 7) is 7.88. The lowest BCUT2D eigenvalue weighted by Crippen LogP contribution is -2.10. The SMILES string of the molecule is Cc1noc(-c2ccnc(NCCCn3ccnc3C(C)C)c2)n1. The van der Waals surface area contributed by atoms with E-state index in [9.17, 15) is 0 Å². The third-order valence-electron chi connectivity index (χ3n) is 3.68. The zero-order valence-electron chi connectivity index (χ0n) is 14.2. The Morgan fingerprint density at radius 2 is 2.12 bits per heavy atom. The van der Waals surface area contributed by atoms with Gasteiger partial charge in [0.15, 0.2) is 5.82 Å². The van der Waals surface area contributed by atoms with E-state index in [0.717, 1.165) is 36.7 Å². The summed E-state index contributed by atoms with van der Waals surface area (Å²) in [7, 11) is 0. The molecule has 7 nitrogen and oxygen atoms in total. The molecule has 0 aliphatic heterocycles. The Kier molecular flexibility index (Phi) is 4.88. The summed E-state index contributed by atoms with van der Waals surface area (Å²) in [5.74, 6) is 3.50. The van der Waals surface area contributed by atoms with Gasteiger partial charge in [0.05, 0.1) is 0 Å². The average molecular weight is 326 g/mol. The van der Waals surface area contributed by atoms with Gasteiger partial charge in [-0.25, -0.2) is 9.97 Å². The van der Waals surface area contributed by atoms with E-state index in [4.69, 9.17) is 4.52 Å². The van der Waals surface area contributed by atoms with Gasteiger partial charge >= 0.3 is 0 Å². The summed E-state index contributed by atoms with van der Waals surface area (Å²) in [5.41, 5.74) is 0.866. The highest BCUT2D eigenvalue weighted by Gasteiger charge is 2.08. The fraction of sp³-hybridized carbons (Fsp3) is 0.412. The molecule has 0 saturated carbocycles. The van der Waals surface area contributed by atoms with E-state index in [-0.39, 0.29) is 0 Å². The van der Waals surface area contributed by atoms with Crippen LogP contribution in [0.1, 0.15) is 37.8 Å². The number of aryl methyl sites for hydroxylation is 2. The lowest BCUT2D eigenvalue weighted by atomic mass is 10.2. The Bertz CT molecular complexity index is 792. The van der Waals surface area contributed by atoms with Gasteiger partial charge in [0.1, 0.15) is 11.6 Å². The van der Waals surface area contributed by atoms with Crippen LogP contribution in [0.2, 0.25) is 0 Å². The number of nitrogens with one attached hydrogen (secondary N) is 1. The molecule has 0 amide bonds. The molecule has 0 bridgehead atoms. The summed E-state index contributed by atoms with van der Waals surface area (Å²) >= 11 is 0. The molecule has 0 saturated heterocycles. The number of aromatic nitrogens is 5. The van der Waals surface area contributed by atoms with Gasteiger partial charge in [0.2, 0.25) is 0 Å². The number of hydrogen-bond acceptors (Lipinski definition) is 6. The fourth-order valence-electron chi connectivity index (χ4n) is 2.55. The molecule has 0 aromatic carbocycles. The van der Waals surface area contributed by atoms with E-state index >= 15 is 0 Å². The largest absolute Gasteiger partial charge is 0.370 e. The van der Waals surface area contributed by atoms with Crippen LogP contribution in [0.4, 0.5) is 5.82 Å². The van der Waals surface area contributed by atoms with Crippen LogP contribution in [0, 0.1) is 6.92 Å². The minimum Gasteiger partial charge on any atom is -0.370 e. The van der Waals surface area contributed by atoms with Crippen molar-refractivity contribution in [2.75, 3.05) is 11.9 Å². The molecule has 3 heterocycles. The van der Waals surface area contributed by atoms with Crippen molar-refractivity contribution in [2.24, 2.45) is 0 Å². The maximum absolute atomic E-state index is 5.19. The highest BCUT2D eigenvalue weighted by atomic mass is 16.5. The van der Waals surface area contributed by atoms with Gasteiger partial charge in [-0.1, -0.05) is 19.0 Å². The second kappa shape index (κ2) is 7.25. The van der Waals surface area contributed by atoms with Crippen molar-refractivity contribution in [3.05, 3.63) is 42.4 Å². The van der Waals surface area contributed by atoms with Gasteiger partial charge in [-0.15, -0.1) is 0 Å². The van der Waals surface area contributed by atoms with Crippen molar-refractivity contribution in [1.29, 1.82) is 0 Å². The Morgan fingerprint density at radius 1 is 1.25 bits per heavy atom. The maximum Gasteiger partial charge on any atom is 0.258 e. The third kappa shape index (κ3) is 3.79. The van der Waals surface area contributed by atoms with Gasteiger partial charge in [-0.05, 0) is 25.5 Å². The van der Waals surface area contributed by atoms with E-state index in [1.165, 1.54) is 0 Å². The summed E-state index contributed by atoms with van der Waals surface area (Å²) in [5, 5.41) is 7.15. The van der Waals surface area contributed by atoms with E-state index < -0.39 is 0 Å². The van der Waals surface area contributed by atoms with Crippen LogP contribution in [0.3, 0.4) is 0 Å². The first-order valence-electron chi connectivity index (χ1n) is 8.15. The summed E-state index contributed by atoms with van der Waals surface area (Å²) in [6, 6.07) is 3.78. The summed E-state index contributed by atoms with van der Waals surface area (Å²) in [4.78, 5) is 13.0. The minimum atomic E-state index is 0.434. The molecular weight excluding hydrogens is 304 g/mol. The van der Waals surface area contributed by atoms with Crippen LogP contribution in [-0.4, -0.2) is 31.2 Å². The Labute approximate surface area is 141 Å². The molecule has 0 aliphatic rings. The monoisotopic (exact) mass is 326 g/mol. The van der Waals surface area contributed by atoms with Crippen LogP contribution in [0.15, 0.2) is 35.2 Å². The predicted molar refractivity (Wildman–Crippen MR) is 91.7 cm³/mol. The molecule has 0 atom stereocenters. The second-order valence-corrected chi connectivity index (χ2v) is 5.99. The molecule has 3 aromatic rings. The highest BCUT2D eigenvalue weighted by molar-refractivity contribution is 5.57. The topological polar surface area (TPSA) is 81.7 Å². The van der Waals surface area contributed by atoms with Crippen molar-refractivity contribution in [3.63, 3.8) is 0 Å². The van der Waals surface area contributed by atoms with Crippen LogP contribution in [-0.2, 0) is 6.54 Å². The maximum atomic E-state index is 5.19. The lowest BCUT2D eigenvalue weighted by Gasteiger charge is -2.11. The standard InChI is InChI=1S/C17H22N6O/c1-12(2)16-20-8-10-23(16)9-4-6-18-15-11-14(5-7-19-15)17-21-13(3)22-24-17/h5,7-8,10-12H,4,6,9H2,1-3H3,(H,18,19). The zero-order valence-corrected chi connectivity index (χ0v) is 14.2. The quantitative estimate of drug-likeness (QED) is 0.671. The number of pyridine rings is 1. The van der Waals surface area contributed by atoms with Crippen molar-refractivity contribution < 1.29 is 4.52 Å². The molecule has 0 aliphatic carbocycles. The normalized spacial score (nSPS) is 11.2. The number of imidazole rings is 1. The molecule has 7 heteroatoms. The Hall–Kier alpha value is -2.70. The van der Waals surface area contributed by atoms with Gasteiger partial charge < -0.3 is 14.4 Å². The molecule has 126 valence electrons. The molecular formula is C17H22N6O. The van der Waals surface area contributed by atoms with Crippen LogP contribution >= 0.6 is 0 Å². The first kappa shape index (κ1) is 16.2. The van der Waals surface area contributed by atoms with Gasteiger partial charge in [-0.3, -0.25) is 0 Å². The summed E-state index contributed by atoms with van der Waals surface area (Å²) in [6.07, 6.45) is 6.62. The van der Waals surface area contributed by atoms with E-state index in [2.05, 4.69) is 43.8 Å². The first-order chi connectivity index (χ1) is 11.6. The Morgan fingerprint density at radius 3 is 2.88 bits per heavy atom. The molecule has 0 fully saturated rings. The number of rotatable bonds is 7. The average Bonchev–Trinajstić information content (AvgIpc) is 3.21. The second-order valence-electron chi connectivity index (χ2n) is 5.99. The molecule has 0 spiro atoms. The molecule has 24 heavy (non-hydrogen) atoms. The van der Waals surface area contributed by atoms with Gasteiger partial charge in [0.25, 0.3) is 5.89 Å². The van der Waals surface area contributed by atoms with Crippen molar-refractivity contribution in [1.82, 2.24) is 24.7 Å². The molecule has 0 radical (unpaired) electrons. The number of hydrogen-bond donors (Lipinski definition) is 1. The van der Waals surface area contributed by atoms with Gasteiger partial charge in [0, 0.05) is 43.2 Å². The lowest BCUT2D eigenvalue weighted by molar-refractivity contribution is 0.425. The van der Waals surface area contributed by atoms with E-state index in [0.29, 0.717) is 17.6 Å². The number of nitrogens with zero attached hydrogens (tertiary/aromatic N) is 5. The molecule has 0 unspecified atom stereocenters. The fourth-order valence-corrected chi connectivity index (χ4v) is 2.55. The van der Waals surface area contributed by atoms with Crippen molar-refractivity contribution in [2.45, 2.75) is 39.7 Å². The first-order valence-corrected chi connectivity index (χ1v) is 8.15. The van der Waals surface area contributed by atoms with Crippen LogP contribution in [0.5, 0.6) is 0 Å².